The van der Waals surface area contributed by atoms with E-state index < -0.39 is 17.4 Å². The number of hydrogen-bond donors (Lipinski definition) is 1. The summed E-state index contributed by atoms with van der Waals surface area (Å²) in [5.41, 5.74) is -0.340. The lowest BCUT2D eigenvalue weighted by molar-refractivity contribution is -0.153. The van der Waals surface area contributed by atoms with Crippen molar-refractivity contribution in [2.24, 2.45) is 0 Å². The van der Waals surface area contributed by atoms with E-state index in [1.165, 1.54) is 24.1 Å². The monoisotopic (exact) mass is 294 g/mol. The number of rotatable bonds is 3. The van der Waals surface area contributed by atoms with Gasteiger partial charge in [0.2, 0.25) is 11.8 Å². The van der Waals surface area contributed by atoms with Gasteiger partial charge in [0.05, 0.1) is 7.11 Å². The minimum Gasteiger partial charge on any atom is -0.494 e. The summed E-state index contributed by atoms with van der Waals surface area (Å²) in [6.45, 7) is 5.14. The van der Waals surface area contributed by atoms with Gasteiger partial charge in [-0.25, -0.2) is 4.39 Å². The molecule has 1 atom stereocenters. The van der Waals surface area contributed by atoms with Crippen LogP contribution in [0.25, 0.3) is 0 Å². The molecule has 0 aromatic heterocycles. The van der Waals surface area contributed by atoms with E-state index in [0.29, 0.717) is 5.56 Å². The summed E-state index contributed by atoms with van der Waals surface area (Å²) in [5, 5.41) is 2.68. The Kier molecular flexibility index (Phi) is 3.89. The number of methoxy groups -OCH3 is 1. The first-order chi connectivity index (χ1) is 9.76. The number of halogens is 1. The highest BCUT2D eigenvalue weighted by atomic mass is 19.1. The largest absolute Gasteiger partial charge is 0.494 e. The van der Waals surface area contributed by atoms with Crippen molar-refractivity contribution >= 4 is 11.8 Å². The number of carbonyl (C=O) groups is 2. The van der Waals surface area contributed by atoms with E-state index in [4.69, 9.17) is 4.74 Å². The molecule has 1 N–H and O–H groups in total. The van der Waals surface area contributed by atoms with Crippen LogP contribution in [0.4, 0.5) is 4.39 Å². The van der Waals surface area contributed by atoms with Crippen LogP contribution in [0.2, 0.25) is 0 Å². The summed E-state index contributed by atoms with van der Waals surface area (Å²) in [6.07, 6.45) is 0. The van der Waals surface area contributed by atoms with Crippen molar-refractivity contribution < 1.29 is 18.7 Å². The third-order valence-electron chi connectivity index (χ3n) is 3.65. The second kappa shape index (κ2) is 5.35. The van der Waals surface area contributed by atoms with Gasteiger partial charge in [-0.2, -0.15) is 0 Å². The van der Waals surface area contributed by atoms with Gasteiger partial charge in [-0.1, -0.05) is 6.07 Å². The predicted octanol–water partition coefficient (Wildman–Crippen LogP) is 1.46. The molecule has 0 spiro atoms. The maximum Gasteiger partial charge on any atom is 0.248 e. The van der Waals surface area contributed by atoms with Gasteiger partial charge in [-0.05, 0) is 38.5 Å². The second-order valence-corrected chi connectivity index (χ2v) is 5.69. The average Bonchev–Trinajstić information content (AvgIpc) is 2.41. The molecule has 5 nitrogen and oxygen atoms in total. The highest BCUT2D eigenvalue weighted by molar-refractivity contribution is 5.99. The maximum absolute atomic E-state index is 13.7. The molecule has 2 rings (SSSR count). The molecule has 1 aliphatic heterocycles. The van der Waals surface area contributed by atoms with Crippen molar-refractivity contribution in [3.63, 3.8) is 0 Å². The number of amides is 2. The maximum atomic E-state index is 13.7. The van der Waals surface area contributed by atoms with Crippen molar-refractivity contribution in [2.75, 3.05) is 7.11 Å². The Hall–Kier alpha value is -2.11. The average molecular weight is 294 g/mol. The number of piperazine rings is 1. The molecule has 114 valence electrons. The Bertz CT molecular complexity index is 586. The summed E-state index contributed by atoms with van der Waals surface area (Å²) in [4.78, 5) is 25.8. The minimum absolute atomic E-state index is 0.148. The van der Waals surface area contributed by atoms with Gasteiger partial charge in [0.1, 0.15) is 11.6 Å². The Morgan fingerprint density at radius 1 is 1.38 bits per heavy atom. The standard InChI is InChI=1S/C15H19FN2O3/c1-9-13(19)17-15(2,3)14(20)18(9)8-10-5-6-12(21-4)11(16)7-10/h5-7,9H,8H2,1-4H3,(H,17,19). The van der Waals surface area contributed by atoms with Crippen molar-refractivity contribution in [1.82, 2.24) is 10.2 Å². The fraction of sp³-hybridized carbons (Fsp3) is 0.467. The van der Waals surface area contributed by atoms with E-state index in [9.17, 15) is 14.0 Å². The topological polar surface area (TPSA) is 58.6 Å². The van der Waals surface area contributed by atoms with E-state index in [1.54, 1.807) is 26.8 Å². The summed E-state index contributed by atoms with van der Waals surface area (Å²) < 4.78 is 18.6. The van der Waals surface area contributed by atoms with E-state index in [0.717, 1.165) is 0 Å². The molecule has 0 radical (unpaired) electrons. The van der Waals surface area contributed by atoms with Crippen molar-refractivity contribution in [2.45, 2.75) is 38.9 Å². The van der Waals surface area contributed by atoms with E-state index >= 15 is 0 Å². The predicted molar refractivity (Wildman–Crippen MR) is 75.2 cm³/mol. The van der Waals surface area contributed by atoms with E-state index in [2.05, 4.69) is 5.32 Å². The van der Waals surface area contributed by atoms with Crippen molar-refractivity contribution in [3.05, 3.63) is 29.6 Å². The van der Waals surface area contributed by atoms with Crippen LogP contribution in [0.1, 0.15) is 26.3 Å². The van der Waals surface area contributed by atoms with E-state index in [-0.39, 0.29) is 24.1 Å². The molecule has 2 amide bonds. The summed E-state index contributed by atoms with van der Waals surface area (Å²) >= 11 is 0. The summed E-state index contributed by atoms with van der Waals surface area (Å²) in [7, 11) is 1.39. The van der Waals surface area contributed by atoms with E-state index in [1.807, 2.05) is 0 Å². The van der Waals surface area contributed by atoms with Crippen LogP contribution in [0.3, 0.4) is 0 Å². The van der Waals surface area contributed by atoms with Gasteiger partial charge in [-0.3, -0.25) is 9.59 Å². The van der Waals surface area contributed by atoms with Crippen LogP contribution in [-0.2, 0) is 16.1 Å². The fourth-order valence-corrected chi connectivity index (χ4v) is 2.36. The number of carbonyl (C=O) groups excluding carboxylic acids is 2. The minimum atomic E-state index is -0.950. The fourth-order valence-electron chi connectivity index (χ4n) is 2.36. The van der Waals surface area contributed by atoms with Gasteiger partial charge >= 0.3 is 0 Å². The molecular weight excluding hydrogens is 275 g/mol. The summed E-state index contributed by atoms with van der Waals surface area (Å²) in [6, 6.07) is 3.92. The van der Waals surface area contributed by atoms with Crippen LogP contribution in [0.15, 0.2) is 18.2 Å². The Morgan fingerprint density at radius 2 is 2.05 bits per heavy atom. The Morgan fingerprint density at radius 3 is 2.62 bits per heavy atom. The summed E-state index contributed by atoms with van der Waals surface area (Å²) in [5.74, 6) is -0.745. The third-order valence-corrected chi connectivity index (χ3v) is 3.65. The molecule has 1 heterocycles. The molecule has 0 bridgehead atoms. The molecular formula is C15H19FN2O3. The molecule has 0 saturated carbocycles. The number of ether oxygens (including phenoxy) is 1. The second-order valence-electron chi connectivity index (χ2n) is 5.69. The lowest BCUT2D eigenvalue weighted by Gasteiger charge is -2.41. The highest BCUT2D eigenvalue weighted by Gasteiger charge is 2.43. The van der Waals surface area contributed by atoms with Gasteiger partial charge in [0.15, 0.2) is 11.6 Å². The van der Waals surface area contributed by atoms with Crippen molar-refractivity contribution in [3.8, 4) is 5.75 Å². The number of nitrogens with one attached hydrogen (secondary N) is 1. The normalized spacial score (nSPS) is 21.2. The first-order valence-corrected chi connectivity index (χ1v) is 6.72. The highest BCUT2D eigenvalue weighted by Crippen LogP contribution is 2.23. The number of benzene rings is 1. The van der Waals surface area contributed by atoms with Crippen LogP contribution in [0.5, 0.6) is 5.75 Å². The van der Waals surface area contributed by atoms with Crippen LogP contribution in [0, 0.1) is 5.82 Å². The lowest BCUT2D eigenvalue weighted by atomic mass is 9.96. The lowest BCUT2D eigenvalue weighted by Crippen LogP contribution is -2.66. The van der Waals surface area contributed by atoms with Crippen LogP contribution < -0.4 is 10.1 Å². The Balaban J connectivity index is 2.26. The SMILES string of the molecule is COc1ccc(CN2C(=O)C(C)(C)NC(=O)C2C)cc1F. The molecule has 1 aromatic rings. The number of hydrogen-bond acceptors (Lipinski definition) is 3. The zero-order valence-electron chi connectivity index (χ0n) is 12.6. The Labute approximate surface area is 123 Å². The zero-order valence-corrected chi connectivity index (χ0v) is 12.6. The quantitative estimate of drug-likeness (QED) is 0.918. The van der Waals surface area contributed by atoms with Gasteiger partial charge in [0.25, 0.3) is 0 Å². The molecule has 1 fully saturated rings. The molecule has 1 saturated heterocycles. The van der Waals surface area contributed by atoms with Gasteiger partial charge in [-0.15, -0.1) is 0 Å². The van der Waals surface area contributed by atoms with Crippen LogP contribution in [-0.4, -0.2) is 35.4 Å². The molecule has 0 aliphatic carbocycles. The molecule has 1 unspecified atom stereocenters. The first-order valence-electron chi connectivity index (χ1n) is 6.72. The van der Waals surface area contributed by atoms with Gasteiger partial charge < -0.3 is 15.0 Å². The van der Waals surface area contributed by atoms with Crippen molar-refractivity contribution in [1.29, 1.82) is 0 Å². The zero-order chi connectivity index (χ0) is 15.8. The smallest absolute Gasteiger partial charge is 0.248 e. The molecule has 6 heteroatoms. The number of nitrogens with zero attached hydrogens (tertiary/aromatic N) is 1. The molecule has 1 aromatic carbocycles. The van der Waals surface area contributed by atoms with Crippen LogP contribution >= 0.6 is 0 Å². The van der Waals surface area contributed by atoms with Gasteiger partial charge in [0, 0.05) is 6.54 Å². The molecule has 1 aliphatic rings. The molecule has 21 heavy (non-hydrogen) atoms. The first kappa shape index (κ1) is 15.3. The third kappa shape index (κ3) is 2.84.